The van der Waals surface area contributed by atoms with E-state index in [4.69, 9.17) is 19.2 Å². The van der Waals surface area contributed by atoms with Crippen molar-refractivity contribution in [3.63, 3.8) is 0 Å². The second kappa shape index (κ2) is 5.77. The van der Waals surface area contributed by atoms with E-state index >= 15 is 0 Å². The van der Waals surface area contributed by atoms with Crippen molar-refractivity contribution in [3.8, 4) is 11.5 Å². The van der Waals surface area contributed by atoms with Crippen molar-refractivity contribution in [1.82, 2.24) is 4.98 Å². The topological polar surface area (TPSA) is 43.8 Å². The number of methoxy groups -OCH3 is 2. The normalized spacial score (nSPS) is 15.3. The zero-order valence-electron chi connectivity index (χ0n) is 12.7. The van der Waals surface area contributed by atoms with Gasteiger partial charge in [-0.05, 0) is 24.6 Å². The standard InChI is InChI=1S/C16H20N2O3/c1-11-8-12-9-14(19-2)15(20-3)10-13(12)17-16(11)18-4-6-21-7-5-18/h8-10H,4-7H2,1-3H3. The molecule has 1 aromatic heterocycles. The summed E-state index contributed by atoms with van der Waals surface area (Å²) in [5.41, 5.74) is 2.08. The number of rotatable bonds is 3. The monoisotopic (exact) mass is 288 g/mol. The second-order valence-corrected chi connectivity index (χ2v) is 5.13. The van der Waals surface area contributed by atoms with Crippen LogP contribution in [-0.2, 0) is 4.74 Å². The molecule has 1 aliphatic rings. The zero-order chi connectivity index (χ0) is 14.8. The molecule has 5 heteroatoms. The van der Waals surface area contributed by atoms with Gasteiger partial charge in [-0.2, -0.15) is 0 Å². The van der Waals surface area contributed by atoms with Crippen LogP contribution in [0.25, 0.3) is 10.9 Å². The Bertz CT molecular complexity index is 652. The van der Waals surface area contributed by atoms with Crippen LogP contribution in [0, 0.1) is 6.92 Å². The first-order chi connectivity index (χ1) is 10.2. The molecule has 1 fully saturated rings. The maximum atomic E-state index is 5.41. The van der Waals surface area contributed by atoms with Crippen molar-refractivity contribution in [2.24, 2.45) is 0 Å². The Balaban J connectivity index is 2.08. The number of hydrogen-bond donors (Lipinski definition) is 0. The molecule has 0 saturated carbocycles. The first-order valence-electron chi connectivity index (χ1n) is 7.09. The number of benzene rings is 1. The molecule has 0 unspecified atom stereocenters. The predicted octanol–water partition coefficient (Wildman–Crippen LogP) is 2.40. The number of morpholine rings is 1. The van der Waals surface area contributed by atoms with E-state index in [0.29, 0.717) is 5.75 Å². The summed E-state index contributed by atoms with van der Waals surface area (Å²) in [6, 6.07) is 6.05. The lowest BCUT2D eigenvalue weighted by Crippen LogP contribution is -2.37. The van der Waals surface area contributed by atoms with E-state index in [1.165, 1.54) is 0 Å². The fraction of sp³-hybridized carbons (Fsp3) is 0.438. The van der Waals surface area contributed by atoms with E-state index < -0.39 is 0 Å². The van der Waals surface area contributed by atoms with Gasteiger partial charge >= 0.3 is 0 Å². The van der Waals surface area contributed by atoms with Crippen molar-refractivity contribution < 1.29 is 14.2 Å². The van der Waals surface area contributed by atoms with Gasteiger partial charge < -0.3 is 19.1 Å². The summed E-state index contributed by atoms with van der Waals surface area (Å²) in [7, 11) is 3.28. The second-order valence-electron chi connectivity index (χ2n) is 5.13. The summed E-state index contributed by atoms with van der Waals surface area (Å²) in [6.07, 6.45) is 0. The molecule has 3 rings (SSSR count). The Morgan fingerprint density at radius 2 is 1.71 bits per heavy atom. The van der Waals surface area contributed by atoms with Crippen molar-refractivity contribution in [2.45, 2.75) is 6.92 Å². The third kappa shape index (κ3) is 2.61. The van der Waals surface area contributed by atoms with Crippen molar-refractivity contribution >= 4 is 16.7 Å². The average molecular weight is 288 g/mol. The van der Waals surface area contributed by atoms with Gasteiger partial charge in [-0.3, -0.25) is 0 Å². The van der Waals surface area contributed by atoms with Crippen molar-refractivity contribution in [2.75, 3.05) is 45.4 Å². The number of aryl methyl sites for hydroxylation is 1. The molecule has 21 heavy (non-hydrogen) atoms. The van der Waals surface area contributed by atoms with E-state index in [1.807, 2.05) is 12.1 Å². The van der Waals surface area contributed by atoms with Gasteiger partial charge in [0.25, 0.3) is 0 Å². The van der Waals surface area contributed by atoms with E-state index in [2.05, 4.69) is 17.9 Å². The van der Waals surface area contributed by atoms with Crippen LogP contribution in [-0.4, -0.2) is 45.5 Å². The molecule has 0 aliphatic carbocycles. The van der Waals surface area contributed by atoms with Crippen LogP contribution in [0.1, 0.15) is 5.56 Å². The van der Waals surface area contributed by atoms with Crippen LogP contribution in [0.5, 0.6) is 11.5 Å². The number of aromatic nitrogens is 1. The maximum absolute atomic E-state index is 5.41. The highest BCUT2D eigenvalue weighted by Gasteiger charge is 2.16. The third-order valence-corrected chi connectivity index (χ3v) is 3.79. The molecule has 2 heterocycles. The molecule has 0 atom stereocenters. The van der Waals surface area contributed by atoms with Gasteiger partial charge in [0.05, 0.1) is 33.0 Å². The number of pyridine rings is 1. The molecule has 1 aliphatic heterocycles. The van der Waals surface area contributed by atoms with Gasteiger partial charge in [0, 0.05) is 24.5 Å². The molecule has 0 amide bonds. The maximum Gasteiger partial charge on any atom is 0.162 e. The van der Waals surface area contributed by atoms with Gasteiger partial charge in [-0.25, -0.2) is 4.98 Å². The highest BCUT2D eigenvalue weighted by Crippen LogP contribution is 2.33. The zero-order valence-corrected chi connectivity index (χ0v) is 12.7. The van der Waals surface area contributed by atoms with Gasteiger partial charge in [0.2, 0.25) is 0 Å². The molecule has 0 spiro atoms. The Kier molecular flexibility index (Phi) is 3.84. The van der Waals surface area contributed by atoms with E-state index in [1.54, 1.807) is 14.2 Å². The summed E-state index contributed by atoms with van der Waals surface area (Å²) in [5.74, 6) is 2.46. The Hall–Kier alpha value is -2.01. The molecule has 0 bridgehead atoms. The average Bonchev–Trinajstić information content (AvgIpc) is 2.53. The smallest absolute Gasteiger partial charge is 0.162 e. The molecular weight excluding hydrogens is 268 g/mol. The van der Waals surface area contributed by atoms with Crippen LogP contribution >= 0.6 is 0 Å². The summed E-state index contributed by atoms with van der Waals surface area (Å²) in [4.78, 5) is 7.09. The van der Waals surface area contributed by atoms with Crippen molar-refractivity contribution in [1.29, 1.82) is 0 Å². The van der Waals surface area contributed by atoms with Crippen LogP contribution in [0.4, 0.5) is 5.82 Å². The Morgan fingerprint density at radius 1 is 1.05 bits per heavy atom. The highest BCUT2D eigenvalue weighted by molar-refractivity contribution is 5.85. The number of nitrogens with zero attached hydrogens (tertiary/aromatic N) is 2. The molecule has 112 valence electrons. The fourth-order valence-corrected chi connectivity index (χ4v) is 2.69. The lowest BCUT2D eigenvalue weighted by Gasteiger charge is -2.29. The largest absolute Gasteiger partial charge is 0.493 e. The number of ether oxygens (including phenoxy) is 3. The highest BCUT2D eigenvalue weighted by atomic mass is 16.5. The summed E-state index contributed by atoms with van der Waals surface area (Å²) < 4.78 is 16.1. The van der Waals surface area contributed by atoms with Gasteiger partial charge in [0.15, 0.2) is 11.5 Å². The van der Waals surface area contributed by atoms with Crippen LogP contribution in [0.2, 0.25) is 0 Å². The van der Waals surface area contributed by atoms with E-state index in [-0.39, 0.29) is 0 Å². The van der Waals surface area contributed by atoms with Gasteiger partial charge in [0.1, 0.15) is 5.82 Å². The van der Waals surface area contributed by atoms with Gasteiger partial charge in [-0.15, -0.1) is 0 Å². The molecule has 0 radical (unpaired) electrons. The van der Waals surface area contributed by atoms with Crippen LogP contribution in [0.15, 0.2) is 18.2 Å². The number of anilines is 1. The molecule has 2 aromatic rings. The minimum Gasteiger partial charge on any atom is -0.493 e. The first kappa shape index (κ1) is 13.9. The summed E-state index contributed by atoms with van der Waals surface area (Å²) in [5, 5.41) is 1.06. The fourth-order valence-electron chi connectivity index (χ4n) is 2.69. The predicted molar refractivity (Wildman–Crippen MR) is 82.6 cm³/mol. The molecular formula is C16H20N2O3. The summed E-state index contributed by atoms with van der Waals surface area (Å²) in [6.45, 7) is 5.36. The van der Waals surface area contributed by atoms with E-state index in [0.717, 1.165) is 54.3 Å². The summed E-state index contributed by atoms with van der Waals surface area (Å²) >= 11 is 0. The SMILES string of the molecule is COc1cc2cc(C)c(N3CCOCC3)nc2cc1OC. The van der Waals surface area contributed by atoms with Gasteiger partial charge in [-0.1, -0.05) is 0 Å². The van der Waals surface area contributed by atoms with E-state index in [9.17, 15) is 0 Å². The minimum absolute atomic E-state index is 0.703. The van der Waals surface area contributed by atoms with Crippen LogP contribution < -0.4 is 14.4 Å². The minimum atomic E-state index is 0.703. The number of fused-ring (bicyclic) bond motifs is 1. The first-order valence-corrected chi connectivity index (χ1v) is 7.09. The Morgan fingerprint density at radius 3 is 2.38 bits per heavy atom. The van der Waals surface area contributed by atoms with Crippen molar-refractivity contribution in [3.05, 3.63) is 23.8 Å². The molecule has 1 aromatic carbocycles. The van der Waals surface area contributed by atoms with Crippen LogP contribution in [0.3, 0.4) is 0 Å². The molecule has 1 saturated heterocycles. The lowest BCUT2D eigenvalue weighted by atomic mass is 10.1. The quantitative estimate of drug-likeness (QED) is 0.867. The molecule has 0 N–H and O–H groups in total. The molecule has 5 nitrogen and oxygen atoms in total. The Labute approximate surface area is 124 Å². The number of hydrogen-bond acceptors (Lipinski definition) is 5. The third-order valence-electron chi connectivity index (χ3n) is 3.79. The lowest BCUT2D eigenvalue weighted by molar-refractivity contribution is 0.122.